The third-order valence-electron chi connectivity index (χ3n) is 3.90. The van der Waals surface area contributed by atoms with Gasteiger partial charge in [-0.3, -0.25) is 0 Å². The number of oxime groups is 1. The van der Waals surface area contributed by atoms with Crippen LogP contribution in [0.25, 0.3) is 0 Å². The molecular formula is C15H23NO4S. The van der Waals surface area contributed by atoms with E-state index in [9.17, 15) is 9.90 Å². The fourth-order valence-electron chi connectivity index (χ4n) is 2.74. The highest BCUT2D eigenvalue weighted by atomic mass is 32.2. The zero-order valence-corrected chi connectivity index (χ0v) is 13.4. The van der Waals surface area contributed by atoms with Crippen molar-refractivity contribution in [3.05, 3.63) is 11.3 Å². The maximum Gasteiger partial charge on any atom is 0.343 e. The quantitative estimate of drug-likeness (QED) is 0.480. The molecule has 0 radical (unpaired) electrons. The Labute approximate surface area is 129 Å². The summed E-state index contributed by atoms with van der Waals surface area (Å²) < 4.78 is 5.29. The molecule has 0 bridgehead atoms. The fraction of sp³-hybridized carbons (Fsp3) is 0.733. The minimum Gasteiger partial charge on any atom is -0.511 e. The first kappa shape index (κ1) is 16.2. The van der Waals surface area contributed by atoms with Gasteiger partial charge in [0.25, 0.3) is 0 Å². The van der Waals surface area contributed by atoms with Crippen LogP contribution in [0.4, 0.5) is 0 Å². The Morgan fingerprint density at radius 1 is 1.52 bits per heavy atom. The fourth-order valence-corrected chi connectivity index (χ4v) is 3.98. The van der Waals surface area contributed by atoms with E-state index in [1.54, 1.807) is 0 Å². The van der Waals surface area contributed by atoms with Gasteiger partial charge in [-0.2, -0.15) is 11.8 Å². The molecule has 5 nitrogen and oxygen atoms in total. The van der Waals surface area contributed by atoms with Crippen LogP contribution in [0.3, 0.4) is 0 Å². The first-order valence-corrected chi connectivity index (χ1v) is 8.71. The van der Waals surface area contributed by atoms with Crippen LogP contribution < -0.4 is 0 Å². The van der Waals surface area contributed by atoms with Crippen molar-refractivity contribution in [2.75, 3.05) is 24.7 Å². The van der Waals surface area contributed by atoms with Crippen molar-refractivity contribution in [1.29, 1.82) is 0 Å². The Hall–Kier alpha value is -1.17. The van der Waals surface area contributed by atoms with E-state index in [-0.39, 0.29) is 23.9 Å². The van der Waals surface area contributed by atoms with E-state index in [0.29, 0.717) is 24.7 Å². The number of cyclic esters (lactones) is 1. The second kappa shape index (κ2) is 7.73. The third kappa shape index (κ3) is 3.73. The molecule has 1 saturated heterocycles. The number of aliphatic hydroxyl groups excluding tert-OH is 1. The van der Waals surface area contributed by atoms with Gasteiger partial charge in [-0.05, 0) is 43.6 Å². The second-order valence-electron chi connectivity index (χ2n) is 5.25. The van der Waals surface area contributed by atoms with Crippen molar-refractivity contribution in [3.63, 3.8) is 0 Å². The molecule has 0 aromatic heterocycles. The molecule has 1 N–H and O–H groups in total. The maximum absolute atomic E-state index is 12.0. The number of esters is 1. The predicted molar refractivity (Wildman–Crippen MR) is 83.5 cm³/mol. The van der Waals surface area contributed by atoms with Crippen molar-refractivity contribution < 1.29 is 19.5 Å². The minimum absolute atomic E-state index is 0.108. The molecule has 21 heavy (non-hydrogen) atoms. The molecule has 0 aliphatic carbocycles. The van der Waals surface area contributed by atoms with Crippen molar-refractivity contribution in [1.82, 2.24) is 0 Å². The number of aliphatic hydroxyl groups is 1. The summed E-state index contributed by atoms with van der Waals surface area (Å²) in [6.07, 6.45) is 2.73. The van der Waals surface area contributed by atoms with Gasteiger partial charge in [0.1, 0.15) is 24.5 Å². The molecule has 6 heteroatoms. The predicted octanol–water partition coefficient (Wildman–Crippen LogP) is 2.92. The summed E-state index contributed by atoms with van der Waals surface area (Å²) >= 11 is 1.90. The summed E-state index contributed by atoms with van der Waals surface area (Å²) in [5.74, 6) is 2.07. The smallest absolute Gasteiger partial charge is 0.343 e. The Kier molecular flexibility index (Phi) is 5.96. The number of rotatable bonds is 5. The van der Waals surface area contributed by atoms with Crippen LogP contribution in [0, 0.1) is 11.8 Å². The van der Waals surface area contributed by atoms with Crippen molar-refractivity contribution in [2.24, 2.45) is 17.0 Å². The molecule has 1 fully saturated rings. The van der Waals surface area contributed by atoms with E-state index in [4.69, 9.17) is 9.57 Å². The van der Waals surface area contributed by atoms with E-state index >= 15 is 0 Å². The van der Waals surface area contributed by atoms with E-state index in [1.165, 1.54) is 5.75 Å². The number of carbonyl (C=O) groups is 1. The molecule has 118 valence electrons. The molecular weight excluding hydrogens is 290 g/mol. The number of carbonyl (C=O) groups excluding carboxylic acids is 1. The summed E-state index contributed by atoms with van der Waals surface area (Å²) in [7, 11) is 0. The average molecular weight is 313 g/mol. The Bertz CT molecular complexity index is 441. The van der Waals surface area contributed by atoms with Crippen LogP contribution in [0.15, 0.2) is 16.5 Å². The summed E-state index contributed by atoms with van der Waals surface area (Å²) in [6.45, 7) is 4.40. The van der Waals surface area contributed by atoms with Gasteiger partial charge >= 0.3 is 5.97 Å². The van der Waals surface area contributed by atoms with Crippen LogP contribution in [0.2, 0.25) is 0 Å². The molecule has 2 unspecified atom stereocenters. The van der Waals surface area contributed by atoms with Gasteiger partial charge in [-0.1, -0.05) is 12.1 Å². The number of thioether (sulfide) groups is 1. The van der Waals surface area contributed by atoms with Gasteiger partial charge in [-0.15, -0.1) is 0 Å². The topological polar surface area (TPSA) is 68.1 Å². The lowest BCUT2D eigenvalue weighted by Crippen LogP contribution is -2.35. The van der Waals surface area contributed by atoms with Crippen molar-refractivity contribution in [2.45, 2.75) is 33.1 Å². The van der Waals surface area contributed by atoms with Crippen LogP contribution in [-0.2, 0) is 14.4 Å². The van der Waals surface area contributed by atoms with E-state index in [2.05, 4.69) is 5.16 Å². The van der Waals surface area contributed by atoms with Gasteiger partial charge in [0, 0.05) is 0 Å². The molecule has 2 aliphatic heterocycles. The van der Waals surface area contributed by atoms with Crippen LogP contribution in [0.5, 0.6) is 0 Å². The van der Waals surface area contributed by atoms with E-state index in [0.717, 1.165) is 18.6 Å². The second-order valence-corrected chi connectivity index (χ2v) is 6.40. The zero-order chi connectivity index (χ0) is 15.2. The van der Waals surface area contributed by atoms with E-state index in [1.807, 2.05) is 25.6 Å². The maximum atomic E-state index is 12.0. The van der Waals surface area contributed by atoms with Gasteiger partial charge in [0.15, 0.2) is 0 Å². The third-order valence-corrected chi connectivity index (χ3v) is 5.14. The molecule has 0 amide bonds. The lowest BCUT2D eigenvalue weighted by molar-refractivity contribution is -0.142. The van der Waals surface area contributed by atoms with Crippen LogP contribution in [-0.4, -0.2) is 41.5 Å². The van der Waals surface area contributed by atoms with Crippen LogP contribution >= 0.6 is 11.8 Å². The number of ether oxygens (including phenoxy) is 1. The highest BCUT2D eigenvalue weighted by Crippen LogP contribution is 2.35. The van der Waals surface area contributed by atoms with Crippen molar-refractivity contribution in [3.8, 4) is 0 Å². The monoisotopic (exact) mass is 313 g/mol. The Balaban J connectivity index is 2.27. The molecule has 0 saturated carbocycles. The first-order valence-electron chi connectivity index (χ1n) is 7.56. The Morgan fingerprint density at radius 2 is 2.33 bits per heavy atom. The summed E-state index contributed by atoms with van der Waals surface area (Å²) in [5.41, 5.74) is 0.672. The summed E-state index contributed by atoms with van der Waals surface area (Å²) in [5, 5.41) is 14.5. The molecule has 0 aromatic carbocycles. The summed E-state index contributed by atoms with van der Waals surface area (Å²) in [4.78, 5) is 17.1. The van der Waals surface area contributed by atoms with Crippen molar-refractivity contribution >= 4 is 23.4 Å². The Morgan fingerprint density at radius 3 is 2.95 bits per heavy atom. The highest BCUT2D eigenvalue weighted by Gasteiger charge is 2.37. The SMILES string of the molecule is CCON=C(CC)C1=C(O)C(C2CCCSC2)COC1=O. The number of hydrogen-bond donors (Lipinski definition) is 1. The number of nitrogens with zero attached hydrogens (tertiary/aromatic N) is 1. The zero-order valence-electron chi connectivity index (χ0n) is 12.6. The lowest BCUT2D eigenvalue weighted by Gasteiger charge is -2.32. The van der Waals surface area contributed by atoms with Crippen LogP contribution in [0.1, 0.15) is 33.1 Å². The number of hydrogen-bond acceptors (Lipinski definition) is 6. The van der Waals surface area contributed by atoms with Gasteiger partial charge in [0.05, 0.1) is 11.6 Å². The molecule has 2 aliphatic rings. The molecule has 2 atom stereocenters. The van der Waals surface area contributed by atoms with Gasteiger partial charge in [0.2, 0.25) is 0 Å². The largest absolute Gasteiger partial charge is 0.511 e. The molecule has 0 spiro atoms. The molecule has 2 heterocycles. The van der Waals surface area contributed by atoms with E-state index < -0.39 is 5.97 Å². The normalized spacial score (nSPS) is 27.5. The first-order chi connectivity index (χ1) is 10.2. The molecule has 0 aromatic rings. The van der Waals surface area contributed by atoms with Gasteiger partial charge in [-0.25, -0.2) is 4.79 Å². The average Bonchev–Trinajstić information content (AvgIpc) is 2.51. The summed E-state index contributed by atoms with van der Waals surface area (Å²) in [6, 6.07) is 0. The molecule has 2 rings (SSSR count). The lowest BCUT2D eigenvalue weighted by atomic mass is 9.84. The standard InChI is InChI=1S/C15H23NO4S/c1-3-12(16-20-4-2)13-14(17)11(8-19-15(13)18)10-6-5-7-21-9-10/h10-11,17H,3-9H2,1-2H3. The highest BCUT2D eigenvalue weighted by molar-refractivity contribution is 7.99. The minimum atomic E-state index is -0.493. The van der Waals surface area contributed by atoms with Gasteiger partial charge < -0.3 is 14.7 Å².